The third kappa shape index (κ3) is 2.21. The molecule has 0 spiro atoms. The zero-order valence-electron chi connectivity index (χ0n) is 10.5. The summed E-state index contributed by atoms with van der Waals surface area (Å²) in [4.78, 5) is 15.2. The molecule has 100 valence electrons. The van der Waals surface area contributed by atoms with E-state index in [9.17, 15) is 9.18 Å². The molecule has 0 saturated carbocycles. The number of halogens is 1. The first-order chi connectivity index (χ1) is 9.63. The van der Waals surface area contributed by atoms with E-state index in [4.69, 9.17) is 5.73 Å². The highest BCUT2D eigenvalue weighted by molar-refractivity contribution is 6.08. The number of anilines is 2. The fourth-order valence-electron chi connectivity index (χ4n) is 2.07. The molecule has 0 saturated heterocycles. The minimum Gasteiger partial charge on any atom is -0.398 e. The lowest BCUT2D eigenvalue weighted by molar-refractivity contribution is 0.102. The molecule has 3 rings (SSSR count). The van der Waals surface area contributed by atoms with Crippen LogP contribution in [0.5, 0.6) is 0 Å². The van der Waals surface area contributed by atoms with E-state index in [0.29, 0.717) is 5.69 Å². The molecule has 1 aromatic heterocycles. The summed E-state index contributed by atoms with van der Waals surface area (Å²) in [5.74, 6) is -0.829. The maximum absolute atomic E-state index is 13.0. The van der Waals surface area contributed by atoms with Crippen LogP contribution in [0.1, 0.15) is 10.4 Å². The van der Waals surface area contributed by atoms with Crippen LogP contribution < -0.4 is 11.1 Å². The van der Waals surface area contributed by atoms with Crippen LogP contribution in [0.25, 0.3) is 10.9 Å². The minimum atomic E-state index is -0.465. The number of nitrogens with one attached hydrogen (secondary N) is 2. The lowest BCUT2D eigenvalue weighted by Gasteiger charge is -2.07. The summed E-state index contributed by atoms with van der Waals surface area (Å²) < 4.78 is 13.0. The number of nitrogen functional groups attached to an aromatic ring is 1. The van der Waals surface area contributed by atoms with E-state index in [-0.39, 0.29) is 17.2 Å². The van der Waals surface area contributed by atoms with Crippen molar-refractivity contribution in [2.75, 3.05) is 11.1 Å². The van der Waals surface area contributed by atoms with E-state index in [1.165, 1.54) is 12.1 Å². The first kappa shape index (κ1) is 12.2. The molecular formula is C15H12FN3O. The number of H-pyrrole nitrogens is 1. The highest BCUT2D eigenvalue weighted by Gasteiger charge is 2.11. The number of nitrogens with two attached hydrogens (primary N) is 1. The Bertz CT molecular complexity index is 795. The first-order valence-corrected chi connectivity index (χ1v) is 6.07. The van der Waals surface area contributed by atoms with Gasteiger partial charge >= 0.3 is 0 Å². The first-order valence-electron chi connectivity index (χ1n) is 6.07. The van der Waals surface area contributed by atoms with Gasteiger partial charge in [-0.15, -0.1) is 0 Å². The molecule has 0 aliphatic heterocycles. The van der Waals surface area contributed by atoms with Gasteiger partial charge in [0.15, 0.2) is 0 Å². The third-order valence-corrected chi connectivity index (χ3v) is 3.07. The van der Waals surface area contributed by atoms with Crippen molar-refractivity contribution in [3.63, 3.8) is 0 Å². The van der Waals surface area contributed by atoms with Crippen LogP contribution in [0.2, 0.25) is 0 Å². The van der Waals surface area contributed by atoms with Crippen LogP contribution in [0.15, 0.2) is 48.7 Å². The Balaban J connectivity index is 1.87. The second-order valence-corrected chi connectivity index (χ2v) is 4.47. The van der Waals surface area contributed by atoms with E-state index < -0.39 is 5.82 Å². The van der Waals surface area contributed by atoms with Crippen molar-refractivity contribution in [3.05, 3.63) is 60.0 Å². The molecule has 4 N–H and O–H groups in total. The van der Waals surface area contributed by atoms with E-state index in [1.54, 1.807) is 6.07 Å². The van der Waals surface area contributed by atoms with Crippen molar-refractivity contribution in [1.29, 1.82) is 0 Å². The van der Waals surface area contributed by atoms with Gasteiger partial charge in [-0.25, -0.2) is 4.39 Å². The quantitative estimate of drug-likeness (QED) is 0.625. The van der Waals surface area contributed by atoms with E-state index >= 15 is 0 Å². The van der Waals surface area contributed by atoms with Crippen LogP contribution in [-0.2, 0) is 0 Å². The molecule has 0 fully saturated rings. The Morgan fingerprint density at radius 3 is 2.80 bits per heavy atom. The minimum absolute atomic E-state index is 0.116. The van der Waals surface area contributed by atoms with Crippen molar-refractivity contribution < 1.29 is 9.18 Å². The van der Waals surface area contributed by atoms with E-state index in [1.807, 2.05) is 24.4 Å². The number of carbonyl (C=O) groups excluding carboxylic acids is 1. The number of aromatic nitrogens is 1. The Kier molecular flexibility index (Phi) is 2.87. The third-order valence-electron chi connectivity index (χ3n) is 3.07. The van der Waals surface area contributed by atoms with Crippen molar-refractivity contribution >= 4 is 28.2 Å². The van der Waals surface area contributed by atoms with Crippen LogP contribution in [0, 0.1) is 5.82 Å². The molecule has 0 unspecified atom stereocenters. The molecule has 0 bridgehead atoms. The fourth-order valence-corrected chi connectivity index (χ4v) is 2.07. The van der Waals surface area contributed by atoms with Crippen molar-refractivity contribution in [1.82, 2.24) is 4.98 Å². The SMILES string of the molecule is Nc1cc(F)ccc1C(=O)Nc1ccc2[nH]ccc2c1. The lowest BCUT2D eigenvalue weighted by Crippen LogP contribution is -2.14. The topological polar surface area (TPSA) is 70.9 Å². The normalized spacial score (nSPS) is 10.7. The zero-order valence-corrected chi connectivity index (χ0v) is 10.5. The standard InChI is InChI=1S/C15H12FN3O/c16-10-1-3-12(13(17)8-10)15(20)19-11-2-4-14-9(7-11)5-6-18-14/h1-8,18H,17H2,(H,19,20). The number of fused-ring (bicyclic) bond motifs is 1. The molecule has 1 heterocycles. The zero-order chi connectivity index (χ0) is 14.1. The van der Waals surface area contributed by atoms with E-state index in [0.717, 1.165) is 17.0 Å². The number of hydrogen-bond acceptors (Lipinski definition) is 2. The summed E-state index contributed by atoms with van der Waals surface area (Å²) in [7, 11) is 0. The van der Waals surface area contributed by atoms with Gasteiger partial charge in [0, 0.05) is 28.5 Å². The van der Waals surface area contributed by atoms with Gasteiger partial charge in [0.05, 0.1) is 5.56 Å². The number of amides is 1. The van der Waals surface area contributed by atoms with Gasteiger partial charge in [0.2, 0.25) is 0 Å². The summed E-state index contributed by atoms with van der Waals surface area (Å²) in [5.41, 5.74) is 7.66. The van der Waals surface area contributed by atoms with Gasteiger partial charge in [-0.05, 0) is 42.5 Å². The Hall–Kier alpha value is -2.82. The van der Waals surface area contributed by atoms with Gasteiger partial charge in [-0.2, -0.15) is 0 Å². The Morgan fingerprint density at radius 1 is 1.15 bits per heavy atom. The monoisotopic (exact) mass is 269 g/mol. The molecular weight excluding hydrogens is 257 g/mol. The van der Waals surface area contributed by atoms with Gasteiger partial charge in [-0.3, -0.25) is 4.79 Å². The number of carbonyl (C=O) groups is 1. The highest BCUT2D eigenvalue weighted by atomic mass is 19.1. The molecule has 4 nitrogen and oxygen atoms in total. The Labute approximate surface area is 114 Å². The summed E-state index contributed by atoms with van der Waals surface area (Å²) in [5, 5.41) is 3.74. The molecule has 2 aromatic carbocycles. The van der Waals surface area contributed by atoms with Gasteiger partial charge < -0.3 is 16.0 Å². The number of hydrogen-bond donors (Lipinski definition) is 3. The summed E-state index contributed by atoms with van der Waals surface area (Å²) in [6.07, 6.45) is 1.83. The van der Waals surface area contributed by atoms with Gasteiger partial charge in [-0.1, -0.05) is 0 Å². The lowest BCUT2D eigenvalue weighted by atomic mass is 10.1. The second kappa shape index (κ2) is 4.70. The molecule has 20 heavy (non-hydrogen) atoms. The molecule has 0 atom stereocenters. The van der Waals surface area contributed by atoms with Crippen LogP contribution in [0.3, 0.4) is 0 Å². The van der Waals surface area contributed by atoms with Crippen molar-refractivity contribution in [2.24, 2.45) is 0 Å². The van der Waals surface area contributed by atoms with Crippen molar-refractivity contribution in [2.45, 2.75) is 0 Å². The summed E-state index contributed by atoms with van der Waals surface area (Å²) >= 11 is 0. The molecule has 0 radical (unpaired) electrons. The van der Waals surface area contributed by atoms with Gasteiger partial charge in [0.1, 0.15) is 5.82 Å². The molecule has 1 amide bonds. The molecule has 5 heteroatoms. The largest absolute Gasteiger partial charge is 0.398 e. The second-order valence-electron chi connectivity index (χ2n) is 4.47. The number of benzene rings is 2. The smallest absolute Gasteiger partial charge is 0.257 e. The number of rotatable bonds is 2. The summed E-state index contributed by atoms with van der Waals surface area (Å²) in [6.45, 7) is 0. The predicted octanol–water partition coefficient (Wildman–Crippen LogP) is 3.14. The molecule has 0 aliphatic rings. The van der Waals surface area contributed by atoms with Crippen LogP contribution in [-0.4, -0.2) is 10.9 Å². The summed E-state index contributed by atoms with van der Waals surface area (Å²) in [6, 6.07) is 11.1. The van der Waals surface area contributed by atoms with Gasteiger partial charge in [0.25, 0.3) is 5.91 Å². The number of aromatic amines is 1. The fraction of sp³-hybridized carbons (Fsp3) is 0. The Morgan fingerprint density at radius 2 is 2.00 bits per heavy atom. The van der Waals surface area contributed by atoms with E-state index in [2.05, 4.69) is 10.3 Å². The molecule has 3 aromatic rings. The van der Waals surface area contributed by atoms with Crippen LogP contribution in [0.4, 0.5) is 15.8 Å². The maximum Gasteiger partial charge on any atom is 0.257 e. The average Bonchev–Trinajstić information content (AvgIpc) is 2.85. The molecule has 0 aliphatic carbocycles. The van der Waals surface area contributed by atoms with Crippen molar-refractivity contribution in [3.8, 4) is 0 Å². The predicted molar refractivity (Wildman–Crippen MR) is 77.1 cm³/mol. The van der Waals surface area contributed by atoms with Crippen LogP contribution >= 0.6 is 0 Å². The maximum atomic E-state index is 13.0. The highest BCUT2D eigenvalue weighted by Crippen LogP contribution is 2.20. The average molecular weight is 269 g/mol.